The first-order valence-electron chi connectivity index (χ1n) is 14.5. The Labute approximate surface area is 235 Å². The fourth-order valence-corrected chi connectivity index (χ4v) is 6.54. The fraction of sp³-hybridized carbons (Fsp3) is 0.656. The SMILES string of the molecule is C=C(/C(=C/C)N=CC)N(CCc1cccc(C(C)C(F)(F)F)c1)C1CCC(SCC(CC)CC)CC1.CC. The van der Waals surface area contributed by atoms with Crippen molar-refractivity contribution in [2.75, 3.05) is 12.3 Å². The van der Waals surface area contributed by atoms with E-state index in [9.17, 15) is 13.2 Å². The van der Waals surface area contributed by atoms with Crippen LogP contribution < -0.4 is 0 Å². The summed E-state index contributed by atoms with van der Waals surface area (Å²) in [5.74, 6) is 0.591. The second-order valence-corrected chi connectivity index (χ2v) is 11.2. The molecule has 1 fully saturated rings. The van der Waals surface area contributed by atoms with Crippen LogP contribution in [0.1, 0.15) is 104 Å². The van der Waals surface area contributed by atoms with Crippen molar-refractivity contribution in [3.8, 4) is 0 Å². The van der Waals surface area contributed by atoms with Crippen LogP contribution in [-0.2, 0) is 6.42 Å². The van der Waals surface area contributed by atoms with Crippen molar-refractivity contribution in [3.63, 3.8) is 0 Å². The highest BCUT2D eigenvalue weighted by Crippen LogP contribution is 2.36. The Morgan fingerprint density at radius 2 is 1.76 bits per heavy atom. The van der Waals surface area contributed by atoms with Crippen molar-refractivity contribution < 1.29 is 13.2 Å². The van der Waals surface area contributed by atoms with Crippen molar-refractivity contribution in [1.29, 1.82) is 0 Å². The molecule has 1 unspecified atom stereocenters. The van der Waals surface area contributed by atoms with Crippen molar-refractivity contribution in [2.24, 2.45) is 10.9 Å². The van der Waals surface area contributed by atoms with E-state index in [1.807, 2.05) is 39.8 Å². The molecule has 1 saturated carbocycles. The number of benzene rings is 1. The molecule has 1 aromatic rings. The van der Waals surface area contributed by atoms with Crippen LogP contribution >= 0.6 is 11.8 Å². The summed E-state index contributed by atoms with van der Waals surface area (Å²) < 4.78 is 39.8. The molecular formula is C32H51F3N2S. The Morgan fingerprint density at radius 3 is 2.29 bits per heavy atom. The van der Waals surface area contributed by atoms with Crippen LogP contribution in [0.25, 0.3) is 0 Å². The van der Waals surface area contributed by atoms with Crippen molar-refractivity contribution in [1.82, 2.24) is 4.90 Å². The van der Waals surface area contributed by atoms with E-state index >= 15 is 0 Å². The number of thioether (sulfide) groups is 1. The number of alkyl halides is 3. The van der Waals surface area contributed by atoms with Crippen molar-refractivity contribution >= 4 is 18.0 Å². The van der Waals surface area contributed by atoms with Crippen LogP contribution in [0.15, 0.2) is 53.3 Å². The minimum absolute atomic E-state index is 0.324. The summed E-state index contributed by atoms with van der Waals surface area (Å²) >= 11 is 2.14. The summed E-state index contributed by atoms with van der Waals surface area (Å²) in [5, 5.41) is 0.715. The zero-order valence-corrected chi connectivity index (χ0v) is 25.6. The molecule has 0 radical (unpaired) electrons. The first kappa shape index (κ1) is 34.3. The van der Waals surface area contributed by atoms with Gasteiger partial charge in [-0.3, -0.25) is 4.99 Å². The van der Waals surface area contributed by atoms with Gasteiger partial charge >= 0.3 is 6.18 Å². The predicted molar refractivity (Wildman–Crippen MR) is 162 cm³/mol. The third-order valence-corrected chi connectivity index (χ3v) is 9.18. The van der Waals surface area contributed by atoms with Gasteiger partial charge in [-0.15, -0.1) is 0 Å². The van der Waals surface area contributed by atoms with Gasteiger partial charge in [-0.1, -0.05) is 77.5 Å². The minimum atomic E-state index is -4.23. The van der Waals surface area contributed by atoms with Gasteiger partial charge in [0.25, 0.3) is 0 Å². The Morgan fingerprint density at radius 1 is 1.13 bits per heavy atom. The van der Waals surface area contributed by atoms with Crippen LogP contribution in [0, 0.1) is 5.92 Å². The molecule has 1 atom stereocenters. The van der Waals surface area contributed by atoms with Crippen LogP contribution in [0.3, 0.4) is 0 Å². The second-order valence-electron chi connectivity index (χ2n) is 9.91. The zero-order valence-electron chi connectivity index (χ0n) is 24.8. The lowest BCUT2D eigenvalue weighted by molar-refractivity contribution is -0.146. The molecule has 0 saturated heterocycles. The minimum Gasteiger partial charge on any atom is -0.367 e. The first-order chi connectivity index (χ1) is 18.1. The normalized spacial score (nSPS) is 19.3. The molecule has 6 heteroatoms. The van der Waals surface area contributed by atoms with Gasteiger partial charge in [0.1, 0.15) is 0 Å². The summed E-state index contributed by atoms with van der Waals surface area (Å²) in [6.45, 7) is 18.8. The van der Waals surface area contributed by atoms with E-state index in [4.69, 9.17) is 0 Å². The van der Waals surface area contributed by atoms with Gasteiger partial charge in [0.15, 0.2) is 0 Å². The van der Waals surface area contributed by atoms with Gasteiger partial charge in [0.05, 0.1) is 17.3 Å². The third kappa shape index (κ3) is 10.8. The molecule has 1 aliphatic carbocycles. The number of hydrogen-bond acceptors (Lipinski definition) is 3. The number of allylic oxidation sites excluding steroid dienone is 1. The molecule has 1 aromatic carbocycles. The predicted octanol–water partition coefficient (Wildman–Crippen LogP) is 10.2. The summed E-state index contributed by atoms with van der Waals surface area (Å²) in [7, 11) is 0. The van der Waals surface area contributed by atoms with E-state index in [1.165, 1.54) is 38.4 Å². The van der Waals surface area contributed by atoms with Gasteiger partial charge in [0.2, 0.25) is 0 Å². The molecule has 1 aliphatic rings. The van der Waals surface area contributed by atoms with Crippen molar-refractivity contribution in [2.45, 2.75) is 117 Å². The smallest absolute Gasteiger partial charge is 0.367 e. The maximum atomic E-state index is 13.3. The van der Waals surface area contributed by atoms with E-state index in [0.717, 1.165) is 42.3 Å². The quantitative estimate of drug-likeness (QED) is 0.179. The number of rotatable bonds is 13. The van der Waals surface area contributed by atoms with Gasteiger partial charge < -0.3 is 4.90 Å². The molecule has 0 amide bonds. The molecule has 0 spiro atoms. The van der Waals surface area contributed by atoms with Crippen molar-refractivity contribution in [3.05, 3.63) is 59.4 Å². The summed E-state index contributed by atoms with van der Waals surface area (Å²) in [5.41, 5.74) is 3.02. The van der Waals surface area contributed by atoms with E-state index in [-0.39, 0.29) is 0 Å². The van der Waals surface area contributed by atoms with Gasteiger partial charge in [-0.05, 0) is 75.7 Å². The number of nitrogens with zero attached hydrogens (tertiary/aromatic N) is 2. The molecular weight excluding hydrogens is 501 g/mol. The lowest BCUT2D eigenvalue weighted by atomic mass is 9.92. The van der Waals surface area contributed by atoms with Gasteiger partial charge in [0, 0.05) is 24.1 Å². The molecule has 38 heavy (non-hydrogen) atoms. The van der Waals surface area contributed by atoms with Crippen LogP contribution in [-0.4, -0.2) is 40.9 Å². The molecule has 216 valence electrons. The largest absolute Gasteiger partial charge is 0.395 e. The maximum Gasteiger partial charge on any atom is 0.395 e. The number of halogens is 3. The molecule has 0 aromatic heterocycles. The van der Waals surface area contributed by atoms with E-state index < -0.39 is 12.1 Å². The van der Waals surface area contributed by atoms with E-state index in [1.54, 1.807) is 24.4 Å². The number of aliphatic imine (C=N–C) groups is 1. The summed E-state index contributed by atoms with van der Waals surface area (Å²) in [6, 6.07) is 7.34. The van der Waals surface area contributed by atoms with Crippen LogP contribution in [0.2, 0.25) is 0 Å². The molecule has 2 rings (SSSR count). The standard InChI is InChI=1S/C30H45F3N2S.C2H6/c1-7-24(8-2)21-36-28-16-14-27(15-17-28)35(23(6)29(9-3)34-10-4)19-18-25-12-11-13-26(20-25)22(5)30(31,32)33;1-2/h9-13,20,22,24,27-28H,6-8,14-19,21H2,1-5H3;1-2H3/b29-9-,34-10?;. The highest BCUT2D eigenvalue weighted by Gasteiger charge is 2.37. The van der Waals surface area contributed by atoms with Crippen LogP contribution in [0.5, 0.6) is 0 Å². The summed E-state index contributed by atoms with van der Waals surface area (Å²) in [4.78, 5) is 6.89. The topological polar surface area (TPSA) is 15.6 Å². The molecule has 0 N–H and O–H groups in total. The first-order valence-corrected chi connectivity index (χ1v) is 15.6. The number of hydrogen-bond donors (Lipinski definition) is 0. The Kier molecular flexibility index (Phi) is 16.1. The molecule has 0 aliphatic heterocycles. The average Bonchev–Trinajstić information content (AvgIpc) is 2.93. The second kappa shape index (κ2) is 17.8. The highest BCUT2D eigenvalue weighted by atomic mass is 32.2. The lowest BCUT2D eigenvalue weighted by Gasteiger charge is -2.39. The Bertz CT molecular complexity index is 866. The van der Waals surface area contributed by atoms with Gasteiger partial charge in [-0.25, -0.2) is 0 Å². The van der Waals surface area contributed by atoms with Gasteiger partial charge in [-0.2, -0.15) is 24.9 Å². The fourth-order valence-electron chi connectivity index (χ4n) is 4.92. The Hall–Kier alpha value is -1.69. The third-order valence-electron chi connectivity index (χ3n) is 7.57. The monoisotopic (exact) mass is 552 g/mol. The molecule has 2 nitrogen and oxygen atoms in total. The molecule has 0 bridgehead atoms. The zero-order chi connectivity index (χ0) is 28.7. The highest BCUT2D eigenvalue weighted by molar-refractivity contribution is 7.99. The lowest BCUT2D eigenvalue weighted by Crippen LogP contribution is -2.39. The maximum absolute atomic E-state index is 13.3. The Balaban J connectivity index is 0.00000352. The van der Waals surface area contributed by atoms with Crippen LogP contribution in [0.4, 0.5) is 13.2 Å². The average molecular weight is 553 g/mol. The van der Waals surface area contributed by atoms with E-state index in [0.29, 0.717) is 23.3 Å². The molecule has 0 heterocycles. The summed E-state index contributed by atoms with van der Waals surface area (Å²) in [6.07, 6.45) is 7.31. The van der Waals surface area contributed by atoms with E-state index in [2.05, 4.69) is 42.1 Å².